The molecule has 0 radical (unpaired) electrons. The van der Waals surface area contributed by atoms with E-state index in [-0.39, 0.29) is 5.91 Å². The number of amides is 1. The third-order valence-electron chi connectivity index (χ3n) is 4.94. The van der Waals surface area contributed by atoms with Crippen LogP contribution in [0.1, 0.15) is 39.4 Å². The summed E-state index contributed by atoms with van der Waals surface area (Å²) in [6.07, 6.45) is -1.65. The number of fused-ring (bicyclic) bond motifs is 1. The first kappa shape index (κ1) is 23.1. The van der Waals surface area contributed by atoms with E-state index in [1.54, 1.807) is 59.1 Å². The third-order valence-corrected chi connectivity index (χ3v) is 4.94. The van der Waals surface area contributed by atoms with Gasteiger partial charge in [-0.25, -0.2) is 4.79 Å². The molecule has 32 heavy (non-hydrogen) atoms. The first-order valence-electron chi connectivity index (χ1n) is 10.5. The summed E-state index contributed by atoms with van der Waals surface area (Å²) in [7, 11) is 1.58. The Morgan fingerprint density at radius 2 is 1.56 bits per heavy atom. The predicted molar refractivity (Wildman–Crippen MR) is 125 cm³/mol. The van der Waals surface area contributed by atoms with E-state index in [2.05, 4.69) is 5.32 Å². The van der Waals surface area contributed by atoms with E-state index in [1.807, 2.05) is 42.5 Å². The molecule has 6 heteroatoms. The Morgan fingerprint density at radius 3 is 2.19 bits per heavy atom. The maximum absolute atomic E-state index is 13.0. The Hall–Kier alpha value is -3.54. The van der Waals surface area contributed by atoms with Gasteiger partial charge in [-0.15, -0.1) is 0 Å². The lowest BCUT2D eigenvalue weighted by atomic mass is 9.94. The number of nitrogens with one attached hydrogen (secondary N) is 1. The van der Waals surface area contributed by atoms with Crippen LogP contribution in [0.5, 0.6) is 5.75 Å². The van der Waals surface area contributed by atoms with Crippen LogP contribution in [0, 0.1) is 5.92 Å². The number of anilines is 1. The third kappa shape index (κ3) is 6.00. The van der Waals surface area contributed by atoms with E-state index in [1.165, 1.54) is 0 Å². The number of ether oxygens (including phenoxy) is 3. The fraction of sp³-hybridized carbons (Fsp3) is 0.308. The van der Waals surface area contributed by atoms with Crippen LogP contribution in [0.25, 0.3) is 10.8 Å². The van der Waals surface area contributed by atoms with Crippen molar-refractivity contribution in [1.82, 2.24) is 0 Å². The molecule has 3 aromatic rings. The summed E-state index contributed by atoms with van der Waals surface area (Å²) in [4.78, 5) is 25.5. The minimum Gasteiger partial charge on any atom is -0.497 e. The van der Waals surface area contributed by atoms with Crippen LogP contribution in [0.15, 0.2) is 66.7 Å². The quantitative estimate of drug-likeness (QED) is 0.473. The lowest BCUT2D eigenvalue weighted by Gasteiger charge is -2.26. The SMILES string of the molecule is COc1ccc(NC(=O)[C@@H](C)[C@@H](OC(=O)OC(C)(C)C)c2ccc3ccccc3c2)cc1. The highest BCUT2D eigenvalue weighted by atomic mass is 16.7. The van der Waals surface area contributed by atoms with Gasteiger partial charge < -0.3 is 19.5 Å². The molecule has 6 nitrogen and oxygen atoms in total. The molecule has 0 unspecified atom stereocenters. The molecule has 0 fully saturated rings. The average Bonchev–Trinajstić information content (AvgIpc) is 2.76. The summed E-state index contributed by atoms with van der Waals surface area (Å²) in [5.74, 6) is -0.263. The molecule has 2 atom stereocenters. The first-order chi connectivity index (χ1) is 15.2. The summed E-state index contributed by atoms with van der Waals surface area (Å²) >= 11 is 0. The molecule has 0 saturated heterocycles. The number of carbonyl (C=O) groups is 2. The molecule has 3 rings (SSSR count). The van der Waals surface area contributed by atoms with Gasteiger partial charge >= 0.3 is 6.16 Å². The van der Waals surface area contributed by atoms with Gasteiger partial charge in [-0.1, -0.05) is 36.4 Å². The summed E-state index contributed by atoms with van der Waals surface area (Å²) in [5, 5.41) is 4.92. The second-order valence-electron chi connectivity index (χ2n) is 8.62. The van der Waals surface area contributed by atoms with E-state index in [0.29, 0.717) is 17.0 Å². The smallest absolute Gasteiger partial charge is 0.497 e. The molecule has 0 heterocycles. The fourth-order valence-corrected chi connectivity index (χ4v) is 3.29. The molecule has 0 saturated carbocycles. The monoisotopic (exact) mass is 435 g/mol. The molecule has 3 aromatic carbocycles. The van der Waals surface area contributed by atoms with Gasteiger partial charge in [0.15, 0.2) is 0 Å². The van der Waals surface area contributed by atoms with E-state index in [0.717, 1.165) is 10.8 Å². The van der Waals surface area contributed by atoms with Crippen LogP contribution in [0.2, 0.25) is 0 Å². The van der Waals surface area contributed by atoms with Gasteiger partial charge in [0, 0.05) is 5.69 Å². The lowest BCUT2D eigenvalue weighted by Crippen LogP contribution is -2.31. The lowest BCUT2D eigenvalue weighted by molar-refractivity contribution is -0.124. The second kappa shape index (κ2) is 9.73. The normalized spacial score (nSPS) is 13.2. The van der Waals surface area contributed by atoms with Crippen molar-refractivity contribution in [3.63, 3.8) is 0 Å². The minimum absolute atomic E-state index is 0.281. The van der Waals surface area contributed by atoms with Gasteiger partial charge in [0.1, 0.15) is 17.5 Å². The molecule has 0 aromatic heterocycles. The number of hydrogen-bond acceptors (Lipinski definition) is 5. The Labute approximate surface area is 188 Å². The summed E-state index contributed by atoms with van der Waals surface area (Å²) in [5.41, 5.74) is 0.628. The Morgan fingerprint density at radius 1 is 0.906 bits per heavy atom. The Balaban J connectivity index is 1.86. The van der Waals surface area contributed by atoms with E-state index < -0.39 is 23.8 Å². The number of methoxy groups -OCH3 is 1. The van der Waals surface area contributed by atoms with Gasteiger partial charge in [0.25, 0.3) is 0 Å². The molecular weight excluding hydrogens is 406 g/mol. The van der Waals surface area contributed by atoms with Crippen LogP contribution < -0.4 is 10.1 Å². The fourth-order valence-electron chi connectivity index (χ4n) is 3.29. The van der Waals surface area contributed by atoms with Crippen LogP contribution in [-0.2, 0) is 14.3 Å². The summed E-state index contributed by atoms with van der Waals surface area (Å²) < 4.78 is 16.2. The topological polar surface area (TPSA) is 73.9 Å². The first-order valence-corrected chi connectivity index (χ1v) is 10.5. The van der Waals surface area contributed by atoms with Crippen LogP contribution in [0.4, 0.5) is 10.5 Å². The van der Waals surface area contributed by atoms with Gasteiger partial charge in [-0.3, -0.25) is 4.79 Å². The van der Waals surface area contributed by atoms with Gasteiger partial charge in [0.05, 0.1) is 13.0 Å². The van der Waals surface area contributed by atoms with E-state index in [9.17, 15) is 9.59 Å². The molecule has 1 amide bonds. The van der Waals surface area contributed by atoms with Crippen molar-refractivity contribution in [2.75, 3.05) is 12.4 Å². The highest BCUT2D eigenvalue weighted by Crippen LogP contribution is 2.31. The highest BCUT2D eigenvalue weighted by Gasteiger charge is 2.31. The van der Waals surface area contributed by atoms with Crippen molar-refractivity contribution < 1.29 is 23.8 Å². The van der Waals surface area contributed by atoms with Crippen molar-refractivity contribution >= 4 is 28.5 Å². The van der Waals surface area contributed by atoms with Gasteiger partial charge in [-0.2, -0.15) is 0 Å². The summed E-state index contributed by atoms with van der Waals surface area (Å²) in [6.45, 7) is 7.01. The van der Waals surface area contributed by atoms with Crippen molar-refractivity contribution in [2.45, 2.75) is 39.4 Å². The van der Waals surface area contributed by atoms with Crippen molar-refractivity contribution in [3.05, 3.63) is 72.3 Å². The predicted octanol–water partition coefficient (Wildman–Crippen LogP) is 6.12. The zero-order valence-corrected chi connectivity index (χ0v) is 19.0. The molecule has 0 aliphatic rings. The highest BCUT2D eigenvalue weighted by molar-refractivity contribution is 5.93. The zero-order chi connectivity index (χ0) is 23.3. The minimum atomic E-state index is -0.826. The van der Waals surface area contributed by atoms with Gasteiger partial charge in [0.2, 0.25) is 5.91 Å². The number of rotatable bonds is 6. The molecule has 0 spiro atoms. The van der Waals surface area contributed by atoms with Crippen molar-refractivity contribution in [2.24, 2.45) is 5.92 Å². The Kier molecular flexibility index (Phi) is 7.03. The molecular formula is C26H29NO5. The summed E-state index contributed by atoms with van der Waals surface area (Å²) in [6, 6.07) is 20.7. The zero-order valence-electron chi connectivity index (χ0n) is 19.0. The maximum Gasteiger partial charge on any atom is 0.509 e. The molecule has 0 aliphatic carbocycles. The molecule has 0 bridgehead atoms. The van der Waals surface area contributed by atoms with Crippen molar-refractivity contribution in [3.8, 4) is 5.75 Å². The van der Waals surface area contributed by atoms with Crippen LogP contribution in [-0.4, -0.2) is 24.8 Å². The van der Waals surface area contributed by atoms with Crippen molar-refractivity contribution in [1.29, 1.82) is 0 Å². The number of hydrogen-bond donors (Lipinski definition) is 1. The number of benzene rings is 3. The van der Waals surface area contributed by atoms with Gasteiger partial charge in [-0.05, 0) is 74.4 Å². The number of carbonyl (C=O) groups excluding carboxylic acids is 2. The van der Waals surface area contributed by atoms with Crippen LogP contribution in [0.3, 0.4) is 0 Å². The maximum atomic E-state index is 13.0. The molecule has 0 aliphatic heterocycles. The van der Waals surface area contributed by atoms with E-state index in [4.69, 9.17) is 14.2 Å². The standard InChI is InChI=1S/C26H29NO5/c1-17(24(28)27-21-12-14-22(30-5)15-13-21)23(31-25(29)32-26(2,3)4)20-11-10-18-8-6-7-9-19(18)16-20/h6-17,23H,1-5H3,(H,27,28)/t17-,23+/m0/s1. The molecule has 1 N–H and O–H groups in total. The largest absolute Gasteiger partial charge is 0.509 e. The second-order valence-corrected chi connectivity index (χ2v) is 8.62. The molecule has 168 valence electrons. The average molecular weight is 436 g/mol. The van der Waals surface area contributed by atoms with Crippen LogP contribution >= 0.6 is 0 Å². The Bertz CT molecular complexity index is 1090. The van der Waals surface area contributed by atoms with E-state index >= 15 is 0 Å².